The van der Waals surface area contributed by atoms with Crippen LogP contribution in [0.2, 0.25) is 0 Å². The lowest BCUT2D eigenvalue weighted by atomic mass is 10.1. The SMILES string of the molecule is CNC(c1cccnc1N)C(OC)OC. The molecule has 0 fully saturated rings. The normalized spacial score (nSPS) is 13.1. The van der Waals surface area contributed by atoms with Crippen molar-refractivity contribution in [3.63, 3.8) is 0 Å². The highest BCUT2D eigenvalue weighted by atomic mass is 16.7. The van der Waals surface area contributed by atoms with Crippen molar-refractivity contribution in [3.8, 4) is 0 Å². The topological polar surface area (TPSA) is 69.4 Å². The van der Waals surface area contributed by atoms with E-state index in [1.807, 2.05) is 19.2 Å². The molecule has 5 nitrogen and oxygen atoms in total. The van der Waals surface area contributed by atoms with Crippen LogP contribution in [0.3, 0.4) is 0 Å². The van der Waals surface area contributed by atoms with E-state index in [2.05, 4.69) is 10.3 Å². The van der Waals surface area contributed by atoms with Gasteiger partial charge in [0, 0.05) is 26.0 Å². The summed E-state index contributed by atoms with van der Waals surface area (Å²) in [5, 5.41) is 3.09. The molecule has 1 heterocycles. The number of nitrogens with two attached hydrogens (primary N) is 1. The number of nitrogens with zero attached hydrogens (tertiary/aromatic N) is 1. The van der Waals surface area contributed by atoms with Crippen LogP contribution in [-0.4, -0.2) is 32.5 Å². The van der Waals surface area contributed by atoms with Gasteiger partial charge in [0.25, 0.3) is 0 Å². The second kappa shape index (κ2) is 5.65. The van der Waals surface area contributed by atoms with Crippen molar-refractivity contribution in [3.05, 3.63) is 23.9 Å². The van der Waals surface area contributed by atoms with Gasteiger partial charge in [-0.15, -0.1) is 0 Å². The molecule has 0 spiro atoms. The molecule has 0 amide bonds. The number of methoxy groups -OCH3 is 2. The summed E-state index contributed by atoms with van der Waals surface area (Å²) in [5.41, 5.74) is 6.65. The summed E-state index contributed by atoms with van der Waals surface area (Å²) in [5.74, 6) is 0.482. The quantitative estimate of drug-likeness (QED) is 0.696. The predicted molar refractivity (Wildman–Crippen MR) is 58.3 cm³/mol. The van der Waals surface area contributed by atoms with Crippen molar-refractivity contribution in [2.45, 2.75) is 12.3 Å². The minimum atomic E-state index is -0.388. The first kappa shape index (κ1) is 11.9. The Bertz CT molecular complexity index is 302. The van der Waals surface area contributed by atoms with Crippen molar-refractivity contribution in [2.75, 3.05) is 27.0 Å². The zero-order valence-electron chi connectivity index (χ0n) is 9.23. The highest BCUT2D eigenvalue weighted by molar-refractivity contribution is 5.41. The van der Waals surface area contributed by atoms with Crippen LogP contribution in [0.25, 0.3) is 0 Å². The third-order valence-electron chi connectivity index (χ3n) is 2.25. The molecule has 0 aromatic carbocycles. The number of likely N-dealkylation sites (N-methyl/N-ethyl adjacent to an activating group) is 1. The highest BCUT2D eigenvalue weighted by Gasteiger charge is 2.23. The molecule has 3 N–H and O–H groups in total. The van der Waals surface area contributed by atoms with Crippen LogP contribution < -0.4 is 11.1 Å². The number of pyridine rings is 1. The van der Waals surface area contributed by atoms with E-state index in [1.165, 1.54) is 0 Å². The fourth-order valence-electron chi connectivity index (χ4n) is 1.50. The number of rotatable bonds is 5. The highest BCUT2D eigenvalue weighted by Crippen LogP contribution is 2.22. The summed E-state index contributed by atoms with van der Waals surface area (Å²) in [4.78, 5) is 4.03. The third kappa shape index (κ3) is 2.65. The van der Waals surface area contributed by atoms with Crippen LogP contribution in [0.5, 0.6) is 0 Å². The number of hydrogen-bond donors (Lipinski definition) is 2. The fraction of sp³-hybridized carbons (Fsp3) is 0.500. The van der Waals surface area contributed by atoms with E-state index in [4.69, 9.17) is 15.2 Å². The molecule has 1 rings (SSSR count). The van der Waals surface area contributed by atoms with E-state index < -0.39 is 0 Å². The average molecular weight is 211 g/mol. The Hall–Kier alpha value is -1.17. The lowest BCUT2D eigenvalue weighted by molar-refractivity contribution is -0.122. The van der Waals surface area contributed by atoms with Crippen molar-refractivity contribution < 1.29 is 9.47 Å². The summed E-state index contributed by atoms with van der Waals surface area (Å²) in [6.45, 7) is 0. The van der Waals surface area contributed by atoms with E-state index in [0.29, 0.717) is 5.82 Å². The maximum atomic E-state index is 5.78. The Kier molecular flexibility index (Phi) is 4.48. The lowest BCUT2D eigenvalue weighted by Crippen LogP contribution is -2.33. The Morgan fingerprint density at radius 1 is 1.40 bits per heavy atom. The zero-order valence-corrected chi connectivity index (χ0v) is 9.23. The first-order valence-electron chi connectivity index (χ1n) is 4.67. The molecule has 0 saturated carbocycles. The van der Waals surface area contributed by atoms with Crippen LogP contribution in [-0.2, 0) is 9.47 Å². The molecule has 0 aliphatic rings. The summed E-state index contributed by atoms with van der Waals surface area (Å²) in [6, 6.07) is 3.60. The molecule has 0 aliphatic heterocycles. The molecule has 84 valence electrons. The van der Waals surface area contributed by atoms with Gasteiger partial charge in [-0.3, -0.25) is 0 Å². The summed E-state index contributed by atoms with van der Waals surface area (Å²) >= 11 is 0. The first-order valence-corrected chi connectivity index (χ1v) is 4.67. The minimum Gasteiger partial charge on any atom is -0.383 e. The summed E-state index contributed by atoms with van der Waals surface area (Å²) < 4.78 is 10.4. The number of anilines is 1. The van der Waals surface area contributed by atoms with Gasteiger partial charge in [0.1, 0.15) is 5.82 Å². The van der Waals surface area contributed by atoms with Gasteiger partial charge in [0.2, 0.25) is 0 Å². The fourth-order valence-corrected chi connectivity index (χ4v) is 1.50. The van der Waals surface area contributed by atoms with Crippen molar-refractivity contribution >= 4 is 5.82 Å². The zero-order chi connectivity index (χ0) is 11.3. The predicted octanol–water partition coefficient (Wildman–Crippen LogP) is 0.543. The molecule has 15 heavy (non-hydrogen) atoms. The van der Waals surface area contributed by atoms with Crippen LogP contribution in [0.1, 0.15) is 11.6 Å². The smallest absolute Gasteiger partial charge is 0.176 e. The number of nitrogens with one attached hydrogen (secondary N) is 1. The molecule has 0 radical (unpaired) electrons. The van der Waals surface area contributed by atoms with Gasteiger partial charge in [-0.2, -0.15) is 0 Å². The van der Waals surface area contributed by atoms with Crippen molar-refractivity contribution in [1.82, 2.24) is 10.3 Å². The maximum Gasteiger partial charge on any atom is 0.176 e. The van der Waals surface area contributed by atoms with Crippen LogP contribution in [0.4, 0.5) is 5.82 Å². The van der Waals surface area contributed by atoms with E-state index in [0.717, 1.165) is 5.56 Å². The molecule has 1 aromatic rings. The number of ether oxygens (including phenoxy) is 2. The Morgan fingerprint density at radius 2 is 2.07 bits per heavy atom. The Labute approximate surface area is 89.6 Å². The largest absolute Gasteiger partial charge is 0.383 e. The van der Waals surface area contributed by atoms with Gasteiger partial charge in [0.15, 0.2) is 6.29 Å². The van der Waals surface area contributed by atoms with Crippen molar-refractivity contribution in [1.29, 1.82) is 0 Å². The number of aromatic nitrogens is 1. The van der Waals surface area contributed by atoms with E-state index in [9.17, 15) is 0 Å². The van der Waals surface area contributed by atoms with Gasteiger partial charge in [0.05, 0.1) is 6.04 Å². The van der Waals surface area contributed by atoms with Crippen LogP contribution >= 0.6 is 0 Å². The molecule has 1 unspecified atom stereocenters. The number of hydrogen-bond acceptors (Lipinski definition) is 5. The van der Waals surface area contributed by atoms with Crippen molar-refractivity contribution in [2.24, 2.45) is 0 Å². The van der Waals surface area contributed by atoms with Crippen LogP contribution in [0.15, 0.2) is 18.3 Å². The van der Waals surface area contributed by atoms with Gasteiger partial charge in [-0.1, -0.05) is 6.07 Å². The van der Waals surface area contributed by atoms with E-state index in [1.54, 1.807) is 20.4 Å². The van der Waals surface area contributed by atoms with Gasteiger partial charge < -0.3 is 20.5 Å². The minimum absolute atomic E-state index is 0.131. The molecule has 0 bridgehead atoms. The molecule has 1 atom stereocenters. The van der Waals surface area contributed by atoms with E-state index in [-0.39, 0.29) is 12.3 Å². The second-order valence-corrected chi connectivity index (χ2v) is 3.08. The monoisotopic (exact) mass is 211 g/mol. The molecule has 1 aromatic heterocycles. The molecular weight excluding hydrogens is 194 g/mol. The maximum absolute atomic E-state index is 5.78. The van der Waals surface area contributed by atoms with Gasteiger partial charge in [-0.25, -0.2) is 4.98 Å². The van der Waals surface area contributed by atoms with Gasteiger partial charge >= 0.3 is 0 Å². The molecular formula is C10H17N3O2. The summed E-state index contributed by atoms with van der Waals surface area (Å²) in [6.07, 6.45) is 1.27. The Balaban J connectivity index is 2.96. The molecule has 0 aliphatic carbocycles. The number of nitrogen functional groups attached to an aromatic ring is 1. The standard InChI is InChI=1S/C10H17N3O2/c1-12-8(10(14-2)15-3)7-5-4-6-13-9(7)11/h4-6,8,10,12H,1-3H3,(H2,11,13). The molecule has 0 saturated heterocycles. The van der Waals surface area contributed by atoms with Crippen LogP contribution in [0, 0.1) is 0 Å². The first-order chi connectivity index (χ1) is 7.24. The lowest BCUT2D eigenvalue weighted by Gasteiger charge is -2.25. The summed E-state index contributed by atoms with van der Waals surface area (Å²) in [7, 11) is 5.00. The van der Waals surface area contributed by atoms with E-state index >= 15 is 0 Å². The Morgan fingerprint density at radius 3 is 2.53 bits per heavy atom. The molecule has 5 heteroatoms. The third-order valence-corrected chi connectivity index (χ3v) is 2.25. The van der Waals surface area contributed by atoms with Gasteiger partial charge in [-0.05, 0) is 13.1 Å². The average Bonchev–Trinajstić information content (AvgIpc) is 2.27. The second-order valence-electron chi connectivity index (χ2n) is 3.08.